The average molecular weight is 312 g/mol. The third kappa shape index (κ3) is 6.47. The molecule has 0 radical (unpaired) electrons. The smallest absolute Gasteiger partial charge is 0.248 e. The van der Waals surface area contributed by atoms with Gasteiger partial charge in [0.15, 0.2) is 0 Å². The lowest BCUT2D eigenvalue weighted by Crippen LogP contribution is -1.76. The Labute approximate surface area is 140 Å². The van der Waals surface area contributed by atoms with Crippen LogP contribution in [0.15, 0.2) is 65.1 Å². The monoisotopic (exact) mass is 312 g/mol. The lowest BCUT2D eigenvalue weighted by molar-refractivity contribution is 0.584. The van der Waals surface area contributed by atoms with Gasteiger partial charge in [-0.3, -0.25) is 0 Å². The van der Waals surface area contributed by atoms with E-state index in [2.05, 4.69) is 10.2 Å². The zero-order chi connectivity index (χ0) is 17.5. The van der Waals surface area contributed by atoms with Crippen LogP contribution >= 0.6 is 0 Å². The van der Waals surface area contributed by atoms with Gasteiger partial charge in [0.2, 0.25) is 11.8 Å². The molecule has 0 fully saturated rings. The van der Waals surface area contributed by atoms with Crippen LogP contribution in [0.1, 0.15) is 41.5 Å². The second-order valence-electron chi connectivity index (χ2n) is 3.64. The number of benzene rings is 2. The van der Waals surface area contributed by atoms with Crippen molar-refractivity contribution in [2.45, 2.75) is 41.5 Å². The highest BCUT2D eigenvalue weighted by atomic mass is 16.4. The van der Waals surface area contributed by atoms with Gasteiger partial charge in [0.05, 0.1) is 0 Å². The van der Waals surface area contributed by atoms with Gasteiger partial charge in [0.25, 0.3) is 0 Å². The van der Waals surface area contributed by atoms with Gasteiger partial charge in [0, 0.05) is 11.1 Å². The molecular weight excluding hydrogens is 284 g/mol. The van der Waals surface area contributed by atoms with Crippen molar-refractivity contribution in [1.29, 1.82) is 0 Å². The molecule has 0 atom stereocenters. The van der Waals surface area contributed by atoms with E-state index in [0.29, 0.717) is 11.8 Å². The first kappa shape index (κ1) is 20.6. The van der Waals surface area contributed by atoms with E-state index in [1.54, 1.807) is 0 Å². The van der Waals surface area contributed by atoms with E-state index >= 15 is 0 Å². The molecule has 1 aromatic heterocycles. The van der Waals surface area contributed by atoms with Gasteiger partial charge in [-0.25, -0.2) is 0 Å². The number of rotatable bonds is 2. The molecule has 3 heteroatoms. The van der Waals surface area contributed by atoms with Gasteiger partial charge < -0.3 is 4.42 Å². The predicted molar refractivity (Wildman–Crippen MR) is 99.2 cm³/mol. The molecule has 0 aliphatic carbocycles. The number of aromatic nitrogens is 2. The molecule has 0 N–H and O–H groups in total. The zero-order valence-corrected chi connectivity index (χ0v) is 15.1. The lowest BCUT2D eigenvalue weighted by atomic mass is 10.2. The van der Waals surface area contributed by atoms with Crippen molar-refractivity contribution < 1.29 is 4.42 Å². The summed E-state index contributed by atoms with van der Waals surface area (Å²) in [5.74, 6) is 1.09. The van der Waals surface area contributed by atoms with Crippen LogP contribution in [0.25, 0.3) is 22.9 Å². The van der Waals surface area contributed by atoms with Crippen molar-refractivity contribution >= 4 is 0 Å². The van der Waals surface area contributed by atoms with Crippen LogP contribution in [0.2, 0.25) is 0 Å². The van der Waals surface area contributed by atoms with Crippen LogP contribution < -0.4 is 0 Å². The van der Waals surface area contributed by atoms with Crippen LogP contribution in [0.4, 0.5) is 0 Å². The van der Waals surface area contributed by atoms with E-state index in [4.69, 9.17) is 4.42 Å². The fourth-order valence-electron chi connectivity index (χ4n) is 1.62. The summed E-state index contributed by atoms with van der Waals surface area (Å²) in [5.41, 5.74) is 1.87. The summed E-state index contributed by atoms with van der Waals surface area (Å²) in [5, 5.41) is 8.09. The standard InChI is InChI=1S/C14H10N2O.3C2H6/c1-3-7-11(8-4-1)13-15-16-14(17-13)12-9-5-2-6-10-12;3*1-2/h1-10H;3*1-2H3. The van der Waals surface area contributed by atoms with Crippen molar-refractivity contribution in [2.75, 3.05) is 0 Å². The van der Waals surface area contributed by atoms with Gasteiger partial charge in [-0.2, -0.15) is 0 Å². The third-order valence-electron chi connectivity index (χ3n) is 2.47. The summed E-state index contributed by atoms with van der Waals surface area (Å²) in [6.45, 7) is 12.0. The largest absolute Gasteiger partial charge is 0.416 e. The molecule has 1 heterocycles. The van der Waals surface area contributed by atoms with Gasteiger partial charge in [-0.15, -0.1) is 10.2 Å². The van der Waals surface area contributed by atoms with Crippen LogP contribution in [0.3, 0.4) is 0 Å². The average Bonchev–Trinajstić information content (AvgIpc) is 3.18. The van der Waals surface area contributed by atoms with E-state index in [9.17, 15) is 0 Å². The highest BCUT2D eigenvalue weighted by molar-refractivity contribution is 5.57. The summed E-state index contributed by atoms with van der Waals surface area (Å²) >= 11 is 0. The van der Waals surface area contributed by atoms with Gasteiger partial charge in [-0.1, -0.05) is 77.9 Å². The Morgan fingerprint density at radius 3 is 1.13 bits per heavy atom. The van der Waals surface area contributed by atoms with Crippen LogP contribution in [0, 0.1) is 0 Å². The third-order valence-corrected chi connectivity index (χ3v) is 2.47. The second-order valence-corrected chi connectivity index (χ2v) is 3.64. The predicted octanol–water partition coefficient (Wildman–Crippen LogP) is 6.48. The zero-order valence-electron chi connectivity index (χ0n) is 15.1. The lowest BCUT2D eigenvalue weighted by Gasteiger charge is -1.93. The molecule has 124 valence electrons. The molecule has 2 aromatic carbocycles. The summed E-state index contributed by atoms with van der Waals surface area (Å²) in [7, 11) is 0. The molecule has 3 aromatic rings. The van der Waals surface area contributed by atoms with E-state index in [-0.39, 0.29) is 0 Å². The van der Waals surface area contributed by atoms with Crippen molar-refractivity contribution in [3.63, 3.8) is 0 Å². The molecule has 23 heavy (non-hydrogen) atoms. The van der Waals surface area contributed by atoms with Crippen LogP contribution in [-0.2, 0) is 0 Å². The SMILES string of the molecule is CC.CC.CC.c1ccc(-c2nnc(-c3ccccc3)o2)cc1. The molecule has 0 saturated heterocycles. The summed E-state index contributed by atoms with van der Waals surface area (Å²) in [6.07, 6.45) is 0. The highest BCUT2D eigenvalue weighted by Crippen LogP contribution is 2.22. The maximum absolute atomic E-state index is 5.63. The van der Waals surface area contributed by atoms with Crippen molar-refractivity contribution in [2.24, 2.45) is 0 Å². The molecule has 3 nitrogen and oxygen atoms in total. The van der Waals surface area contributed by atoms with E-state index in [0.717, 1.165) is 11.1 Å². The summed E-state index contributed by atoms with van der Waals surface area (Å²) < 4.78 is 5.63. The fourth-order valence-corrected chi connectivity index (χ4v) is 1.62. The van der Waals surface area contributed by atoms with E-state index in [1.807, 2.05) is 102 Å². The molecule has 0 amide bonds. The summed E-state index contributed by atoms with van der Waals surface area (Å²) in [4.78, 5) is 0. The Morgan fingerprint density at radius 2 is 0.826 bits per heavy atom. The second kappa shape index (κ2) is 13.3. The minimum Gasteiger partial charge on any atom is -0.416 e. The first-order chi connectivity index (χ1) is 11.4. The molecule has 0 spiro atoms. The van der Waals surface area contributed by atoms with Crippen molar-refractivity contribution in [3.8, 4) is 22.9 Å². The topological polar surface area (TPSA) is 38.9 Å². The molecule has 0 bridgehead atoms. The Morgan fingerprint density at radius 1 is 0.522 bits per heavy atom. The Balaban J connectivity index is 0.000000728. The Hall–Kier alpha value is -2.42. The van der Waals surface area contributed by atoms with Crippen molar-refractivity contribution in [3.05, 3.63) is 60.7 Å². The van der Waals surface area contributed by atoms with Crippen LogP contribution in [0.5, 0.6) is 0 Å². The quantitative estimate of drug-likeness (QED) is 0.543. The highest BCUT2D eigenvalue weighted by Gasteiger charge is 2.08. The Bertz CT molecular complexity index is 550. The van der Waals surface area contributed by atoms with Gasteiger partial charge in [0.1, 0.15) is 0 Å². The minimum absolute atomic E-state index is 0.546. The first-order valence-corrected chi connectivity index (χ1v) is 8.38. The minimum atomic E-state index is 0.546. The van der Waals surface area contributed by atoms with Gasteiger partial charge in [-0.05, 0) is 24.3 Å². The number of nitrogens with zero attached hydrogens (tertiary/aromatic N) is 2. The summed E-state index contributed by atoms with van der Waals surface area (Å²) in [6, 6.07) is 19.5. The number of hydrogen-bond donors (Lipinski definition) is 0. The molecule has 3 rings (SSSR count). The first-order valence-electron chi connectivity index (χ1n) is 8.38. The molecular formula is C20H28N2O. The Kier molecular flexibility index (Phi) is 11.9. The van der Waals surface area contributed by atoms with Crippen LogP contribution in [-0.4, -0.2) is 10.2 Å². The fraction of sp³-hybridized carbons (Fsp3) is 0.300. The molecule has 0 aliphatic rings. The van der Waals surface area contributed by atoms with E-state index in [1.165, 1.54) is 0 Å². The molecule has 0 unspecified atom stereocenters. The van der Waals surface area contributed by atoms with Crippen molar-refractivity contribution in [1.82, 2.24) is 10.2 Å². The maximum atomic E-state index is 5.63. The van der Waals surface area contributed by atoms with E-state index < -0.39 is 0 Å². The maximum Gasteiger partial charge on any atom is 0.248 e. The normalized spacial score (nSPS) is 8.43. The molecule has 0 saturated carbocycles. The number of hydrogen-bond acceptors (Lipinski definition) is 3. The van der Waals surface area contributed by atoms with Gasteiger partial charge >= 0.3 is 0 Å². The molecule has 0 aliphatic heterocycles.